The standard InChI is InChI=1S/C18H17F4N3O2/c1-10-8-27-17-14(24-10)7-12(6-11-2-4-13(19)5-3-11)15(25-17)16(26)23-9-18(20,21)22/h2-5,7,10,24H,6,8-9H2,1H3,(H,23,26). The van der Waals surface area contributed by atoms with E-state index in [0.717, 1.165) is 0 Å². The molecule has 1 amide bonds. The van der Waals surface area contributed by atoms with E-state index in [0.29, 0.717) is 23.4 Å². The Morgan fingerprint density at radius 3 is 2.70 bits per heavy atom. The molecular weight excluding hydrogens is 366 g/mol. The van der Waals surface area contributed by atoms with Crippen LogP contribution in [0.2, 0.25) is 0 Å². The van der Waals surface area contributed by atoms with Crippen LogP contribution < -0.4 is 15.4 Å². The number of amides is 1. The maximum atomic E-state index is 13.1. The Bertz CT molecular complexity index is 838. The molecule has 144 valence electrons. The lowest BCUT2D eigenvalue weighted by molar-refractivity contribution is -0.123. The van der Waals surface area contributed by atoms with Gasteiger partial charge in [0.25, 0.3) is 5.91 Å². The van der Waals surface area contributed by atoms with E-state index in [9.17, 15) is 22.4 Å². The number of fused-ring (bicyclic) bond motifs is 1. The fourth-order valence-corrected chi connectivity index (χ4v) is 2.68. The summed E-state index contributed by atoms with van der Waals surface area (Å²) in [6.07, 6.45) is -4.33. The molecule has 0 saturated heterocycles. The fourth-order valence-electron chi connectivity index (χ4n) is 2.68. The van der Waals surface area contributed by atoms with E-state index >= 15 is 0 Å². The van der Waals surface area contributed by atoms with E-state index in [1.165, 1.54) is 12.1 Å². The second-order valence-corrected chi connectivity index (χ2v) is 6.31. The minimum absolute atomic E-state index is 0.0166. The van der Waals surface area contributed by atoms with Gasteiger partial charge in [0.1, 0.15) is 24.7 Å². The number of nitrogens with zero attached hydrogens (tertiary/aromatic N) is 1. The number of carbonyl (C=O) groups excluding carboxylic acids is 1. The summed E-state index contributed by atoms with van der Waals surface area (Å²) >= 11 is 0. The topological polar surface area (TPSA) is 63.2 Å². The summed E-state index contributed by atoms with van der Waals surface area (Å²) in [6, 6.07) is 7.27. The molecule has 0 aliphatic carbocycles. The van der Waals surface area contributed by atoms with E-state index in [-0.39, 0.29) is 24.0 Å². The summed E-state index contributed by atoms with van der Waals surface area (Å²) in [6.45, 7) is 0.754. The normalized spacial score (nSPS) is 16.1. The van der Waals surface area contributed by atoms with Crippen LogP contribution in [0.5, 0.6) is 5.88 Å². The minimum Gasteiger partial charge on any atom is -0.474 e. The number of hydrogen-bond acceptors (Lipinski definition) is 4. The molecule has 1 aliphatic rings. The summed E-state index contributed by atoms with van der Waals surface area (Å²) in [4.78, 5) is 16.4. The second kappa shape index (κ2) is 7.42. The fraction of sp³-hybridized carbons (Fsp3) is 0.333. The third kappa shape index (κ3) is 4.87. The molecule has 0 bridgehead atoms. The zero-order valence-corrected chi connectivity index (χ0v) is 14.4. The lowest BCUT2D eigenvalue weighted by Crippen LogP contribution is -2.35. The van der Waals surface area contributed by atoms with Crippen molar-refractivity contribution in [3.05, 3.63) is 53.0 Å². The first-order valence-corrected chi connectivity index (χ1v) is 8.24. The monoisotopic (exact) mass is 383 g/mol. The highest BCUT2D eigenvalue weighted by atomic mass is 19.4. The van der Waals surface area contributed by atoms with Crippen LogP contribution in [0.25, 0.3) is 0 Å². The van der Waals surface area contributed by atoms with Gasteiger partial charge in [-0.2, -0.15) is 13.2 Å². The second-order valence-electron chi connectivity index (χ2n) is 6.31. The van der Waals surface area contributed by atoms with Crippen molar-refractivity contribution in [3.8, 4) is 5.88 Å². The molecule has 1 aromatic carbocycles. The van der Waals surface area contributed by atoms with E-state index in [1.54, 1.807) is 18.2 Å². The number of anilines is 1. The number of ether oxygens (including phenoxy) is 1. The number of nitrogens with one attached hydrogen (secondary N) is 2. The first-order chi connectivity index (χ1) is 12.7. The van der Waals surface area contributed by atoms with Gasteiger partial charge in [-0.05, 0) is 42.7 Å². The largest absolute Gasteiger partial charge is 0.474 e. The molecule has 1 aromatic heterocycles. The van der Waals surface area contributed by atoms with E-state index in [1.807, 2.05) is 12.2 Å². The van der Waals surface area contributed by atoms with Crippen molar-refractivity contribution in [1.29, 1.82) is 0 Å². The van der Waals surface area contributed by atoms with Crippen molar-refractivity contribution >= 4 is 11.6 Å². The number of halogens is 4. The summed E-state index contributed by atoms with van der Waals surface area (Å²) in [5.41, 5.74) is 1.50. The van der Waals surface area contributed by atoms with Gasteiger partial charge in [0.15, 0.2) is 0 Å². The van der Waals surface area contributed by atoms with Gasteiger partial charge in [0, 0.05) is 0 Å². The van der Waals surface area contributed by atoms with Crippen molar-refractivity contribution in [2.24, 2.45) is 0 Å². The zero-order valence-electron chi connectivity index (χ0n) is 14.4. The van der Waals surface area contributed by atoms with Crippen LogP contribution in [0.3, 0.4) is 0 Å². The smallest absolute Gasteiger partial charge is 0.405 e. The molecule has 2 N–H and O–H groups in total. The maximum absolute atomic E-state index is 13.1. The first-order valence-electron chi connectivity index (χ1n) is 8.24. The third-order valence-electron chi connectivity index (χ3n) is 3.91. The number of alkyl halides is 3. The zero-order chi connectivity index (χ0) is 19.6. The molecule has 5 nitrogen and oxygen atoms in total. The predicted molar refractivity (Wildman–Crippen MR) is 90.4 cm³/mol. The van der Waals surface area contributed by atoms with Gasteiger partial charge in [-0.1, -0.05) is 12.1 Å². The molecule has 0 spiro atoms. The van der Waals surface area contributed by atoms with Crippen LogP contribution in [-0.4, -0.2) is 36.3 Å². The number of hydrogen-bond donors (Lipinski definition) is 2. The number of benzene rings is 1. The summed E-state index contributed by atoms with van der Waals surface area (Å²) in [5.74, 6) is -1.20. The van der Waals surface area contributed by atoms with Crippen molar-refractivity contribution in [2.75, 3.05) is 18.5 Å². The molecule has 3 rings (SSSR count). The molecule has 1 atom stereocenters. The Morgan fingerprint density at radius 2 is 2.04 bits per heavy atom. The number of aromatic nitrogens is 1. The number of rotatable bonds is 4. The quantitative estimate of drug-likeness (QED) is 0.796. The van der Waals surface area contributed by atoms with Gasteiger partial charge in [0.05, 0.1) is 11.7 Å². The summed E-state index contributed by atoms with van der Waals surface area (Å²) < 4.78 is 55.9. The maximum Gasteiger partial charge on any atom is 0.405 e. The highest BCUT2D eigenvalue weighted by molar-refractivity contribution is 5.94. The Labute approximate surface area is 152 Å². The van der Waals surface area contributed by atoms with Crippen LogP contribution in [0.15, 0.2) is 30.3 Å². The Hall–Kier alpha value is -2.84. The molecule has 2 heterocycles. The van der Waals surface area contributed by atoms with Crippen LogP contribution >= 0.6 is 0 Å². The highest BCUT2D eigenvalue weighted by Gasteiger charge is 2.29. The molecule has 0 radical (unpaired) electrons. The lowest BCUT2D eigenvalue weighted by Gasteiger charge is -2.25. The third-order valence-corrected chi connectivity index (χ3v) is 3.91. The van der Waals surface area contributed by atoms with Gasteiger partial charge >= 0.3 is 6.18 Å². The number of carbonyl (C=O) groups is 1. The molecule has 0 saturated carbocycles. The SMILES string of the molecule is CC1COc2nc(C(=O)NCC(F)(F)F)c(Cc3ccc(F)cc3)cc2N1. The van der Waals surface area contributed by atoms with Gasteiger partial charge in [-0.3, -0.25) is 4.79 Å². The van der Waals surface area contributed by atoms with Crippen LogP contribution in [-0.2, 0) is 6.42 Å². The summed E-state index contributed by atoms with van der Waals surface area (Å²) in [5, 5.41) is 4.99. The predicted octanol–water partition coefficient (Wildman–Crippen LogP) is 3.30. The average molecular weight is 383 g/mol. The molecule has 0 fully saturated rings. The van der Waals surface area contributed by atoms with Crippen molar-refractivity contribution in [2.45, 2.75) is 25.6 Å². The van der Waals surface area contributed by atoms with Gasteiger partial charge in [-0.25, -0.2) is 9.37 Å². The van der Waals surface area contributed by atoms with Crippen LogP contribution in [0.4, 0.5) is 23.2 Å². The highest BCUT2D eigenvalue weighted by Crippen LogP contribution is 2.30. The lowest BCUT2D eigenvalue weighted by atomic mass is 10.0. The van der Waals surface area contributed by atoms with Crippen LogP contribution in [0.1, 0.15) is 28.5 Å². The van der Waals surface area contributed by atoms with Crippen molar-refractivity contribution in [3.63, 3.8) is 0 Å². The average Bonchev–Trinajstić information content (AvgIpc) is 2.60. The minimum atomic E-state index is -4.53. The molecule has 2 aromatic rings. The molecule has 27 heavy (non-hydrogen) atoms. The van der Waals surface area contributed by atoms with Crippen LogP contribution in [0, 0.1) is 5.82 Å². The Kier molecular flexibility index (Phi) is 5.20. The van der Waals surface area contributed by atoms with Crippen molar-refractivity contribution in [1.82, 2.24) is 10.3 Å². The number of pyridine rings is 1. The molecule has 9 heteroatoms. The Balaban J connectivity index is 1.93. The first kappa shape index (κ1) is 18.9. The molecule has 1 unspecified atom stereocenters. The van der Waals surface area contributed by atoms with Gasteiger partial charge in [0.2, 0.25) is 5.88 Å². The van der Waals surface area contributed by atoms with E-state index < -0.39 is 24.4 Å². The van der Waals surface area contributed by atoms with Gasteiger partial charge < -0.3 is 15.4 Å². The van der Waals surface area contributed by atoms with E-state index in [2.05, 4.69) is 10.3 Å². The molecule has 1 aliphatic heterocycles. The summed E-state index contributed by atoms with van der Waals surface area (Å²) in [7, 11) is 0. The van der Waals surface area contributed by atoms with E-state index in [4.69, 9.17) is 4.74 Å². The molecular formula is C18H17F4N3O2. The van der Waals surface area contributed by atoms with Gasteiger partial charge in [-0.15, -0.1) is 0 Å². The Morgan fingerprint density at radius 1 is 1.33 bits per heavy atom. The van der Waals surface area contributed by atoms with Crippen molar-refractivity contribution < 1.29 is 27.1 Å².